The number of benzene rings is 1. The van der Waals surface area contributed by atoms with E-state index in [0.29, 0.717) is 23.1 Å². The van der Waals surface area contributed by atoms with Crippen molar-refractivity contribution in [1.82, 2.24) is 13.7 Å². The first-order valence-corrected chi connectivity index (χ1v) is 13.1. The largest absolute Gasteiger partial charge is 0.370 e. The molecular formula is C21H26N6O3S2. The highest BCUT2D eigenvalue weighted by molar-refractivity contribution is 7.98. The van der Waals surface area contributed by atoms with Crippen LogP contribution in [0.5, 0.6) is 0 Å². The van der Waals surface area contributed by atoms with Crippen LogP contribution >= 0.6 is 0 Å². The van der Waals surface area contributed by atoms with E-state index in [1.165, 1.54) is 9.91 Å². The Balaban J connectivity index is 1.63. The third-order valence-corrected chi connectivity index (χ3v) is 9.56. The van der Waals surface area contributed by atoms with Crippen LogP contribution in [-0.4, -0.2) is 59.6 Å². The lowest BCUT2D eigenvalue weighted by Gasteiger charge is -2.34. The number of carbonyl (C=O) groups excluding carboxylic acids is 1. The summed E-state index contributed by atoms with van der Waals surface area (Å²) in [6, 6.07) is 7.70. The van der Waals surface area contributed by atoms with E-state index in [4.69, 9.17) is 5.26 Å². The minimum atomic E-state index is -1.29. The van der Waals surface area contributed by atoms with Crippen LogP contribution in [0.25, 0.3) is 0 Å². The molecule has 2 N–H and O–H groups in total. The van der Waals surface area contributed by atoms with Crippen molar-refractivity contribution in [3.05, 3.63) is 41.5 Å². The number of nitriles is 1. The van der Waals surface area contributed by atoms with Gasteiger partial charge in [0.05, 0.1) is 17.6 Å². The van der Waals surface area contributed by atoms with Crippen molar-refractivity contribution in [2.75, 3.05) is 41.9 Å². The topological polar surface area (TPSA) is 122 Å². The maximum absolute atomic E-state index is 12.7. The van der Waals surface area contributed by atoms with Crippen LogP contribution < -0.4 is 10.2 Å². The van der Waals surface area contributed by atoms with Crippen molar-refractivity contribution in [1.29, 1.82) is 5.26 Å². The summed E-state index contributed by atoms with van der Waals surface area (Å²) in [5, 5.41) is 11.9. The Labute approximate surface area is 192 Å². The summed E-state index contributed by atoms with van der Waals surface area (Å²) in [5.41, 5.74) is 2.74. The molecule has 9 nitrogen and oxygen atoms in total. The van der Waals surface area contributed by atoms with E-state index in [2.05, 4.69) is 27.1 Å². The number of amides is 1. The molecule has 0 spiro atoms. The van der Waals surface area contributed by atoms with Crippen LogP contribution in [0.4, 0.5) is 11.4 Å². The number of aromatic nitrogens is 2. The van der Waals surface area contributed by atoms with E-state index in [-0.39, 0.29) is 17.4 Å². The molecule has 0 aliphatic carbocycles. The molecule has 1 aromatic carbocycles. The molecule has 2 aliphatic heterocycles. The molecule has 4 rings (SSSR count). The number of nitrogens with one attached hydrogen (secondary N) is 2. The molecule has 1 amide bonds. The Morgan fingerprint density at radius 2 is 1.94 bits per heavy atom. The average molecular weight is 475 g/mol. The smallest absolute Gasteiger partial charge is 0.291 e. The lowest BCUT2D eigenvalue weighted by Crippen LogP contribution is -2.38. The quantitative estimate of drug-likeness (QED) is 0.700. The molecule has 2 fully saturated rings. The Bertz CT molecular complexity index is 1090. The molecule has 2 aliphatic rings. The lowest BCUT2D eigenvalue weighted by atomic mass is 9.96. The molecular weight excluding hydrogens is 448 g/mol. The summed E-state index contributed by atoms with van der Waals surface area (Å²) in [6.07, 6.45) is 3.44. The second kappa shape index (κ2) is 9.52. The summed E-state index contributed by atoms with van der Waals surface area (Å²) in [6.45, 7) is 3.99. The molecule has 32 heavy (non-hydrogen) atoms. The maximum Gasteiger partial charge on any atom is 0.291 e. The van der Waals surface area contributed by atoms with Crippen LogP contribution in [0.2, 0.25) is 0 Å². The van der Waals surface area contributed by atoms with Gasteiger partial charge in [0.2, 0.25) is 0 Å². The average Bonchev–Trinajstić information content (AvgIpc) is 3.27. The molecule has 2 saturated heterocycles. The van der Waals surface area contributed by atoms with E-state index in [1.54, 1.807) is 7.05 Å². The summed E-state index contributed by atoms with van der Waals surface area (Å²) < 4.78 is 26.1. The van der Waals surface area contributed by atoms with Gasteiger partial charge < -0.3 is 15.2 Å². The molecule has 0 radical (unpaired) electrons. The standard InChI is InChI=1S/C21H26N6O3S2/c1-14-5-7-27(8-6-14)19-9-15(16-12-31(29)26(2)32(30)13-16)3-4-18(19)25-21(28)20-23-11-17(10-22)24-20/h3-4,9,11,14,16H,5-8,12-13H2,1-2H3,(H,23,24)(H,25,28). The van der Waals surface area contributed by atoms with E-state index in [9.17, 15) is 13.2 Å². The van der Waals surface area contributed by atoms with Gasteiger partial charge in [0.15, 0.2) is 5.82 Å². The number of H-pyrrole nitrogens is 1. The highest BCUT2D eigenvalue weighted by atomic mass is 32.3. The second-order valence-corrected chi connectivity index (χ2v) is 11.5. The van der Waals surface area contributed by atoms with Crippen LogP contribution in [0.15, 0.2) is 24.4 Å². The summed E-state index contributed by atoms with van der Waals surface area (Å²) >= 11 is 0. The van der Waals surface area contributed by atoms with Gasteiger partial charge in [-0.1, -0.05) is 13.0 Å². The number of aromatic amines is 1. The monoisotopic (exact) mass is 474 g/mol. The molecule has 2 atom stereocenters. The SMILES string of the molecule is CC1CCN(c2cc(C3CS(=O)N(C)S(=O)C3)ccc2NC(=O)c2ncc(C#N)[nH]2)CC1. The minimum Gasteiger partial charge on any atom is -0.370 e. The fraction of sp³-hybridized carbons (Fsp3) is 0.476. The van der Waals surface area contributed by atoms with E-state index in [1.807, 2.05) is 24.3 Å². The third kappa shape index (κ3) is 4.77. The fourth-order valence-electron chi connectivity index (χ4n) is 3.98. The van der Waals surface area contributed by atoms with Gasteiger partial charge in [0.25, 0.3) is 5.91 Å². The Hall–Kier alpha value is -2.55. The first-order valence-electron chi connectivity index (χ1n) is 10.5. The highest BCUT2D eigenvalue weighted by Crippen LogP contribution is 2.35. The maximum atomic E-state index is 12.7. The minimum absolute atomic E-state index is 0.0740. The number of hydrogen-bond acceptors (Lipinski definition) is 6. The van der Waals surface area contributed by atoms with Crippen molar-refractivity contribution in [2.45, 2.75) is 25.7 Å². The van der Waals surface area contributed by atoms with Crippen molar-refractivity contribution < 1.29 is 13.2 Å². The molecule has 3 heterocycles. The number of anilines is 2. The fourth-order valence-corrected chi connectivity index (χ4v) is 6.97. The predicted molar refractivity (Wildman–Crippen MR) is 125 cm³/mol. The zero-order chi connectivity index (χ0) is 22.8. The van der Waals surface area contributed by atoms with Gasteiger partial charge in [-0.15, -0.1) is 3.71 Å². The number of imidazole rings is 1. The molecule has 11 heteroatoms. The first-order chi connectivity index (χ1) is 15.4. The highest BCUT2D eigenvalue weighted by Gasteiger charge is 2.31. The van der Waals surface area contributed by atoms with Gasteiger partial charge in [-0.25, -0.2) is 13.4 Å². The molecule has 0 saturated carbocycles. The van der Waals surface area contributed by atoms with Gasteiger partial charge in [-0.2, -0.15) is 5.26 Å². The zero-order valence-corrected chi connectivity index (χ0v) is 19.7. The van der Waals surface area contributed by atoms with Crippen LogP contribution in [-0.2, 0) is 22.0 Å². The molecule has 0 bridgehead atoms. The number of nitrogens with zero attached hydrogens (tertiary/aromatic N) is 4. The summed E-state index contributed by atoms with van der Waals surface area (Å²) in [5.74, 6) is 1.07. The normalized spacial score (nSPS) is 24.8. The Morgan fingerprint density at radius 1 is 1.25 bits per heavy atom. The first kappa shape index (κ1) is 22.6. The van der Waals surface area contributed by atoms with E-state index >= 15 is 0 Å². The van der Waals surface area contributed by atoms with Gasteiger partial charge in [0.1, 0.15) is 33.7 Å². The summed E-state index contributed by atoms with van der Waals surface area (Å²) in [4.78, 5) is 21.6. The molecule has 170 valence electrons. The van der Waals surface area contributed by atoms with Gasteiger partial charge in [-0.05, 0) is 36.5 Å². The summed E-state index contributed by atoms with van der Waals surface area (Å²) in [7, 11) is -0.959. The Kier molecular flexibility index (Phi) is 6.74. The third-order valence-electron chi connectivity index (χ3n) is 6.04. The van der Waals surface area contributed by atoms with Crippen LogP contribution in [0.1, 0.15) is 47.6 Å². The van der Waals surface area contributed by atoms with Gasteiger partial charge >= 0.3 is 0 Å². The van der Waals surface area contributed by atoms with Crippen molar-refractivity contribution >= 4 is 39.3 Å². The molecule has 2 unspecified atom stereocenters. The van der Waals surface area contributed by atoms with Gasteiger partial charge in [0, 0.05) is 37.6 Å². The molecule has 2 aromatic rings. The number of carbonyl (C=O) groups is 1. The van der Waals surface area contributed by atoms with Crippen molar-refractivity contribution in [3.63, 3.8) is 0 Å². The number of hydrogen-bond donors (Lipinski definition) is 2. The van der Waals surface area contributed by atoms with Crippen LogP contribution in [0.3, 0.4) is 0 Å². The van der Waals surface area contributed by atoms with Crippen molar-refractivity contribution in [3.8, 4) is 6.07 Å². The van der Waals surface area contributed by atoms with Gasteiger partial charge in [-0.3, -0.25) is 4.79 Å². The Morgan fingerprint density at radius 3 is 2.56 bits per heavy atom. The lowest BCUT2D eigenvalue weighted by molar-refractivity contribution is 0.101. The van der Waals surface area contributed by atoms with Crippen LogP contribution in [0, 0.1) is 17.2 Å². The zero-order valence-electron chi connectivity index (χ0n) is 18.0. The second-order valence-electron chi connectivity index (χ2n) is 8.27. The number of piperidine rings is 1. The van der Waals surface area contributed by atoms with E-state index < -0.39 is 27.9 Å². The predicted octanol–water partition coefficient (Wildman–Crippen LogP) is 2.13. The molecule has 1 aromatic heterocycles. The van der Waals surface area contributed by atoms with Crippen molar-refractivity contribution in [2.24, 2.45) is 5.92 Å². The van der Waals surface area contributed by atoms with E-state index in [0.717, 1.165) is 37.2 Å². The number of rotatable bonds is 4.